The molecule has 4 N–H and O–H groups in total. The SMILES string of the molecule is NC(=O)c1ccc2ccccc2c1Cc1c(C(N)=O)ccc2ccccc12. The quantitative estimate of drug-likeness (QED) is 0.584. The highest BCUT2D eigenvalue weighted by atomic mass is 16.1. The molecule has 4 aromatic rings. The van der Waals surface area contributed by atoms with Crippen molar-refractivity contribution >= 4 is 33.4 Å². The molecule has 0 aliphatic heterocycles. The van der Waals surface area contributed by atoms with Crippen molar-refractivity contribution in [1.82, 2.24) is 0 Å². The van der Waals surface area contributed by atoms with Gasteiger partial charge in [0.1, 0.15) is 0 Å². The van der Waals surface area contributed by atoms with Crippen LogP contribution >= 0.6 is 0 Å². The van der Waals surface area contributed by atoms with E-state index in [-0.39, 0.29) is 0 Å². The van der Waals surface area contributed by atoms with Gasteiger partial charge in [-0.15, -0.1) is 0 Å². The molecule has 0 saturated carbocycles. The molecule has 0 unspecified atom stereocenters. The molecule has 4 nitrogen and oxygen atoms in total. The minimum Gasteiger partial charge on any atom is -0.366 e. The zero-order chi connectivity index (χ0) is 19.0. The van der Waals surface area contributed by atoms with E-state index in [0.717, 1.165) is 32.7 Å². The summed E-state index contributed by atoms with van der Waals surface area (Å²) in [5, 5.41) is 3.91. The monoisotopic (exact) mass is 354 g/mol. The smallest absolute Gasteiger partial charge is 0.249 e. The fraction of sp³-hybridized carbons (Fsp3) is 0.0435. The lowest BCUT2D eigenvalue weighted by Gasteiger charge is -2.15. The summed E-state index contributed by atoms with van der Waals surface area (Å²) in [7, 11) is 0. The van der Waals surface area contributed by atoms with E-state index in [2.05, 4.69) is 0 Å². The van der Waals surface area contributed by atoms with Crippen molar-refractivity contribution in [3.8, 4) is 0 Å². The summed E-state index contributed by atoms with van der Waals surface area (Å²) < 4.78 is 0. The average Bonchev–Trinajstić information content (AvgIpc) is 2.68. The third-order valence-corrected chi connectivity index (χ3v) is 4.97. The Hall–Kier alpha value is -3.66. The summed E-state index contributed by atoms with van der Waals surface area (Å²) in [6.07, 6.45) is 0.388. The van der Waals surface area contributed by atoms with Crippen LogP contribution < -0.4 is 11.5 Å². The van der Waals surface area contributed by atoms with Crippen molar-refractivity contribution in [1.29, 1.82) is 0 Å². The lowest BCUT2D eigenvalue weighted by molar-refractivity contribution is 0.0992. The number of amides is 2. The maximum atomic E-state index is 12.1. The molecular formula is C23H18N2O2. The Bertz CT molecular complexity index is 1120. The Morgan fingerprint density at radius 2 is 1.00 bits per heavy atom. The molecule has 0 aromatic heterocycles. The molecule has 0 bridgehead atoms. The van der Waals surface area contributed by atoms with Gasteiger partial charge >= 0.3 is 0 Å². The van der Waals surface area contributed by atoms with E-state index in [1.807, 2.05) is 60.7 Å². The number of nitrogens with two attached hydrogens (primary N) is 2. The maximum Gasteiger partial charge on any atom is 0.249 e. The molecule has 4 heteroatoms. The fourth-order valence-electron chi connectivity index (χ4n) is 3.69. The molecule has 0 heterocycles. The molecule has 0 aliphatic rings. The van der Waals surface area contributed by atoms with Gasteiger partial charge in [-0.3, -0.25) is 9.59 Å². The molecule has 0 spiro atoms. The van der Waals surface area contributed by atoms with Crippen LogP contribution in [0.1, 0.15) is 31.8 Å². The van der Waals surface area contributed by atoms with Crippen molar-refractivity contribution in [2.24, 2.45) is 11.5 Å². The zero-order valence-corrected chi connectivity index (χ0v) is 14.6. The van der Waals surface area contributed by atoms with Crippen LogP contribution in [0.2, 0.25) is 0 Å². The van der Waals surface area contributed by atoms with Gasteiger partial charge in [0.25, 0.3) is 0 Å². The van der Waals surface area contributed by atoms with Crippen LogP contribution in [0.3, 0.4) is 0 Å². The van der Waals surface area contributed by atoms with Crippen LogP contribution in [0.25, 0.3) is 21.5 Å². The van der Waals surface area contributed by atoms with E-state index in [0.29, 0.717) is 17.5 Å². The number of hydrogen-bond donors (Lipinski definition) is 2. The third kappa shape index (κ3) is 2.91. The number of primary amides is 2. The summed E-state index contributed by atoms with van der Waals surface area (Å²) in [6.45, 7) is 0. The standard InChI is InChI=1S/C23H18N2O2/c24-22(26)18-11-9-14-5-1-3-7-16(14)20(18)13-21-17-8-4-2-6-15(17)10-12-19(21)23(25)27/h1-12H,13H2,(H2,24,26)(H2,25,27). The van der Waals surface area contributed by atoms with Gasteiger partial charge in [0.15, 0.2) is 0 Å². The van der Waals surface area contributed by atoms with Crippen LogP contribution in [0, 0.1) is 0 Å². The first-order valence-corrected chi connectivity index (χ1v) is 8.67. The van der Waals surface area contributed by atoms with Gasteiger partial charge in [-0.25, -0.2) is 0 Å². The van der Waals surface area contributed by atoms with Crippen molar-refractivity contribution in [3.05, 3.63) is 95.1 Å². The predicted molar refractivity (Wildman–Crippen MR) is 108 cm³/mol. The summed E-state index contributed by atoms with van der Waals surface area (Å²) in [4.78, 5) is 24.1. The van der Waals surface area contributed by atoms with Crippen LogP contribution in [-0.4, -0.2) is 11.8 Å². The van der Waals surface area contributed by atoms with E-state index in [1.165, 1.54) is 0 Å². The summed E-state index contributed by atoms with van der Waals surface area (Å²) in [5.41, 5.74) is 13.8. The molecule has 4 aromatic carbocycles. The highest BCUT2D eigenvalue weighted by molar-refractivity contribution is 6.03. The van der Waals surface area contributed by atoms with E-state index in [9.17, 15) is 9.59 Å². The van der Waals surface area contributed by atoms with Crippen molar-refractivity contribution < 1.29 is 9.59 Å². The first-order chi connectivity index (χ1) is 13.1. The van der Waals surface area contributed by atoms with E-state index < -0.39 is 11.8 Å². The molecule has 4 rings (SSSR count). The summed E-state index contributed by atoms with van der Waals surface area (Å²) >= 11 is 0. The third-order valence-electron chi connectivity index (χ3n) is 4.97. The van der Waals surface area contributed by atoms with E-state index in [4.69, 9.17) is 11.5 Å². The highest BCUT2D eigenvalue weighted by Gasteiger charge is 2.17. The Balaban J connectivity index is 2.03. The number of carbonyl (C=O) groups excluding carboxylic acids is 2. The Morgan fingerprint density at radius 1 is 0.593 bits per heavy atom. The van der Waals surface area contributed by atoms with E-state index >= 15 is 0 Å². The average molecular weight is 354 g/mol. The van der Waals surface area contributed by atoms with Gasteiger partial charge < -0.3 is 11.5 Å². The second-order valence-corrected chi connectivity index (χ2v) is 6.53. The molecule has 2 amide bonds. The Labute approximate surface area is 156 Å². The number of rotatable bonds is 4. The summed E-state index contributed by atoms with van der Waals surface area (Å²) in [5.74, 6) is -0.978. The number of carbonyl (C=O) groups is 2. The van der Waals surface area contributed by atoms with Gasteiger partial charge in [0.05, 0.1) is 0 Å². The van der Waals surface area contributed by atoms with Crippen LogP contribution in [0.15, 0.2) is 72.8 Å². The molecule has 0 aliphatic carbocycles. The van der Waals surface area contributed by atoms with Gasteiger partial charge in [0, 0.05) is 17.5 Å². The molecular weight excluding hydrogens is 336 g/mol. The van der Waals surface area contributed by atoms with Gasteiger partial charge in [-0.1, -0.05) is 60.7 Å². The second-order valence-electron chi connectivity index (χ2n) is 6.53. The van der Waals surface area contributed by atoms with Crippen LogP contribution in [0.5, 0.6) is 0 Å². The normalized spacial score (nSPS) is 11.0. The molecule has 0 saturated heterocycles. The molecule has 0 atom stereocenters. The predicted octanol–water partition coefficient (Wildman–Crippen LogP) is 3.78. The first-order valence-electron chi connectivity index (χ1n) is 8.67. The van der Waals surface area contributed by atoms with Gasteiger partial charge in [-0.2, -0.15) is 0 Å². The molecule has 0 fully saturated rings. The highest BCUT2D eigenvalue weighted by Crippen LogP contribution is 2.30. The maximum absolute atomic E-state index is 12.1. The molecule has 132 valence electrons. The molecule has 27 heavy (non-hydrogen) atoms. The topological polar surface area (TPSA) is 86.2 Å². The van der Waals surface area contributed by atoms with Crippen LogP contribution in [0.4, 0.5) is 0 Å². The van der Waals surface area contributed by atoms with E-state index in [1.54, 1.807) is 12.1 Å². The lowest BCUT2D eigenvalue weighted by Crippen LogP contribution is -2.17. The first kappa shape index (κ1) is 16.8. The van der Waals surface area contributed by atoms with Crippen LogP contribution in [-0.2, 0) is 6.42 Å². The minimum atomic E-state index is -0.489. The molecule has 0 radical (unpaired) electrons. The van der Waals surface area contributed by atoms with Gasteiger partial charge in [-0.05, 0) is 44.8 Å². The Morgan fingerprint density at radius 3 is 1.41 bits per heavy atom. The second kappa shape index (κ2) is 6.57. The number of hydrogen-bond acceptors (Lipinski definition) is 2. The summed E-state index contributed by atoms with van der Waals surface area (Å²) in [6, 6.07) is 22.9. The zero-order valence-electron chi connectivity index (χ0n) is 14.6. The minimum absolute atomic E-state index is 0.388. The number of fused-ring (bicyclic) bond motifs is 2. The van der Waals surface area contributed by atoms with Crippen molar-refractivity contribution in [3.63, 3.8) is 0 Å². The largest absolute Gasteiger partial charge is 0.366 e. The lowest BCUT2D eigenvalue weighted by atomic mass is 9.88. The number of benzene rings is 4. The fourth-order valence-corrected chi connectivity index (χ4v) is 3.69. The Kier molecular flexibility index (Phi) is 4.09. The van der Waals surface area contributed by atoms with Crippen molar-refractivity contribution in [2.75, 3.05) is 0 Å². The van der Waals surface area contributed by atoms with Crippen molar-refractivity contribution in [2.45, 2.75) is 6.42 Å². The van der Waals surface area contributed by atoms with Gasteiger partial charge in [0.2, 0.25) is 11.8 Å².